The van der Waals surface area contributed by atoms with Crippen molar-refractivity contribution in [3.05, 3.63) is 78.6 Å². The molecule has 0 saturated heterocycles. The lowest BCUT2D eigenvalue weighted by Gasteiger charge is -2.32. The Labute approximate surface area is 261 Å². The monoisotopic (exact) mass is 796 g/mol. The number of carbonyl (C=O) groups is 2. The zero-order valence-corrected chi connectivity index (χ0v) is 27.7. The summed E-state index contributed by atoms with van der Waals surface area (Å²) < 4.78 is 34.5. The number of rotatable bonds is 14. The fourth-order valence-electron chi connectivity index (χ4n) is 3.45. The maximum absolute atomic E-state index is 11.5. The Morgan fingerprint density at radius 1 is 0.692 bits per heavy atom. The molecule has 0 amide bonds. The second kappa shape index (κ2) is 16.3. The van der Waals surface area contributed by atoms with Crippen molar-refractivity contribution in [3.63, 3.8) is 0 Å². The van der Waals surface area contributed by atoms with E-state index >= 15 is 0 Å². The Morgan fingerprint density at radius 2 is 1.08 bits per heavy atom. The number of hydrogen-bond acceptors (Lipinski definition) is 8. The number of hydrogen-bond donors (Lipinski definition) is 0. The van der Waals surface area contributed by atoms with Crippen LogP contribution in [0.2, 0.25) is 0 Å². The van der Waals surface area contributed by atoms with E-state index in [0.29, 0.717) is 11.5 Å². The Hall–Kier alpha value is -2.02. The molecule has 2 rings (SSSR count). The van der Waals surface area contributed by atoms with Crippen LogP contribution in [0.25, 0.3) is 0 Å². The second-order valence-corrected chi connectivity index (χ2v) is 11.5. The Balaban J connectivity index is 2.20. The van der Waals surface area contributed by atoms with Crippen molar-refractivity contribution in [2.75, 3.05) is 39.6 Å². The first-order valence-corrected chi connectivity index (χ1v) is 14.7. The van der Waals surface area contributed by atoms with Crippen molar-refractivity contribution in [1.29, 1.82) is 0 Å². The highest BCUT2D eigenvalue weighted by molar-refractivity contribution is 9.11. The molecule has 0 spiro atoms. The third-order valence-corrected chi connectivity index (χ3v) is 8.02. The molecule has 0 unspecified atom stereocenters. The van der Waals surface area contributed by atoms with Crippen LogP contribution >= 0.6 is 63.7 Å². The van der Waals surface area contributed by atoms with E-state index in [9.17, 15) is 9.59 Å². The normalized spacial score (nSPS) is 10.8. The lowest BCUT2D eigenvalue weighted by Crippen LogP contribution is -2.23. The van der Waals surface area contributed by atoms with Crippen LogP contribution in [0.3, 0.4) is 0 Å². The molecule has 0 aliphatic rings. The van der Waals surface area contributed by atoms with Crippen molar-refractivity contribution >= 4 is 76.0 Å². The summed E-state index contributed by atoms with van der Waals surface area (Å²) >= 11 is 14.8. The van der Waals surface area contributed by atoms with Gasteiger partial charge in [-0.1, -0.05) is 71.0 Å². The van der Waals surface area contributed by atoms with Crippen LogP contribution in [-0.4, -0.2) is 52.0 Å². The van der Waals surface area contributed by atoms with E-state index in [0.717, 1.165) is 29.0 Å². The number of benzene rings is 2. The molecule has 0 heterocycles. The van der Waals surface area contributed by atoms with E-state index in [-0.39, 0.29) is 39.6 Å². The van der Waals surface area contributed by atoms with Gasteiger partial charge in [0.1, 0.15) is 51.1 Å². The predicted molar refractivity (Wildman–Crippen MR) is 162 cm³/mol. The molecule has 0 aliphatic carbocycles. The fourth-order valence-corrected chi connectivity index (χ4v) is 7.55. The quantitative estimate of drug-likeness (QED) is 0.107. The number of halogens is 4. The molecule has 2 aromatic carbocycles. The highest BCUT2D eigenvalue weighted by Crippen LogP contribution is 2.49. The summed E-state index contributed by atoms with van der Waals surface area (Å²) in [4.78, 5) is 23.0. The van der Waals surface area contributed by atoms with Crippen LogP contribution in [-0.2, 0) is 24.4 Å². The first kappa shape index (κ1) is 33.2. The molecule has 0 aliphatic heterocycles. The number of ether oxygens (including phenoxy) is 6. The molecule has 0 bridgehead atoms. The first-order valence-electron chi connectivity index (χ1n) is 11.6. The van der Waals surface area contributed by atoms with Gasteiger partial charge in [0.2, 0.25) is 0 Å². The molecular formula is C27H28Br4O8. The minimum atomic E-state index is -0.786. The Bertz CT molecular complexity index is 1090. The highest BCUT2D eigenvalue weighted by atomic mass is 79.9. The van der Waals surface area contributed by atoms with E-state index in [2.05, 4.69) is 90.7 Å². The molecule has 39 heavy (non-hydrogen) atoms. The van der Waals surface area contributed by atoms with Gasteiger partial charge in [-0.25, -0.2) is 9.59 Å². The lowest BCUT2D eigenvalue weighted by atomic mass is 9.78. The van der Waals surface area contributed by atoms with Crippen molar-refractivity contribution in [3.8, 4) is 11.5 Å². The summed E-state index contributed by atoms with van der Waals surface area (Å²) in [5.74, 6) is 1.15. The molecule has 212 valence electrons. The van der Waals surface area contributed by atoms with E-state index in [1.165, 1.54) is 12.2 Å². The average molecular weight is 800 g/mol. The second-order valence-electron chi connectivity index (χ2n) is 8.19. The Morgan fingerprint density at radius 3 is 1.44 bits per heavy atom. The first-order chi connectivity index (χ1) is 18.5. The van der Waals surface area contributed by atoms with Crippen molar-refractivity contribution in [1.82, 2.24) is 0 Å². The lowest BCUT2D eigenvalue weighted by molar-refractivity contribution is 0.0525. The molecule has 0 saturated carbocycles. The predicted octanol–water partition coefficient (Wildman–Crippen LogP) is 8.50. The fraction of sp³-hybridized carbons (Fsp3) is 0.333. The average Bonchev–Trinajstić information content (AvgIpc) is 2.88. The molecule has 8 nitrogen and oxygen atoms in total. The summed E-state index contributed by atoms with van der Waals surface area (Å²) in [5.41, 5.74) is 1.25. The zero-order valence-electron chi connectivity index (χ0n) is 21.4. The molecule has 0 atom stereocenters. The van der Waals surface area contributed by atoms with Crippen LogP contribution in [0.15, 0.2) is 67.5 Å². The standard InChI is InChI=1S/C27H28Br4O8/c1-5-11-36-25(32)38-15-13-34-19-9-7-17(28)21(23(19)30)27(3,4)22-18(29)8-10-20(24(22)31)35-14-16-39-26(33)37-12-6-2/h5-10H,1-2,11-16H2,3-4H3. The largest absolute Gasteiger partial charge is 0.508 e. The third-order valence-electron chi connectivity index (χ3n) is 5.12. The Kier molecular flexibility index (Phi) is 13.9. The zero-order chi connectivity index (χ0) is 29.0. The van der Waals surface area contributed by atoms with Gasteiger partial charge in [0.05, 0.1) is 8.95 Å². The molecule has 0 N–H and O–H groups in total. The maximum atomic E-state index is 11.5. The van der Waals surface area contributed by atoms with Gasteiger partial charge in [-0.3, -0.25) is 0 Å². The highest BCUT2D eigenvalue weighted by Gasteiger charge is 2.34. The van der Waals surface area contributed by atoms with E-state index in [1.807, 2.05) is 24.3 Å². The summed E-state index contributed by atoms with van der Waals surface area (Å²) in [6, 6.07) is 7.41. The minimum absolute atomic E-state index is 0.0172. The van der Waals surface area contributed by atoms with Gasteiger partial charge in [-0.2, -0.15) is 0 Å². The topological polar surface area (TPSA) is 89.5 Å². The van der Waals surface area contributed by atoms with Gasteiger partial charge in [0.25, 0.3) is 0 Å². The van der Waals surface area contributed by atoms with Crippen molar-refractivity contribution in [2.24, 2.45) is 0 Å². The van der Waals surface area contributed by atoms with E-state index in [1.54, 1.807) is 0 Å². The SMILES string of the molecule is C=CCOC(=O)OCCOc1ccc(Br)c(C(C)(C)c2c(Br)ccc(OCCOC(=O)OCC=C)c2Br)c1Br. The van der Waals surface area contributed by atoms with Crippen molar-refractivity contribution < 1.29 is 38.0 Å². The molecule has 0 radical (unpaired) electrons. The third kappa shape index (κ3) is 9.54. The summed E-state index contributed by atoms with van der Waals surface area (Å²) in [6.45, 7) is 11.5. The van der Waals surface area contributed by atoms with Gasteiger partial charge < -0.3 is 28.4 Å². The smallest absolute Gasteiger partial charge is 0.489 e. The van der Waals surface area contributed by atoms with E-state index < -0.39 is 17.7 Å². The van der Waals surface area contributed by atoms with Crippen LogP contribution in [0.1, 0.15) is 25.0 Å². The molecule has 0 fully saturated rings. The van der Waals surface area contributed by atoms with Gasteiger partial charge >= 0.3 is 12.3 Å². The van der Waals surface area contributed by atoms with Gasteiger partial charge in [-0.05, 0) is 67.3 Å². The van der Waals surface area contributed by atoms with Crippen molar-refractivity contribution in [2.45, 2.75) is 19.3 Å². The summed E-state index contributed by atoms with van der Waals surface area (Å²) in [7, 11) is 0. The van der Waals surface area contributed by atoms with Crippen LogP contribution in [0.5, 0.6) is 11.5 Å². The molecular weight excluding hydrogens is 772 g/mol. The van der Waals surface area contributed by atoms with Crippen LogP contribution in [0.4, 0.5) is 9.59 Å². The van der Waals surface area contributed by atoms with Gasteiger partial charge in [0, 0.05) is 14.4 Å². The van der Waals surface area contributed by atoms with E-state index in [4.69, 9.17) is 28.4 Å². The van der Waals surface area contributed by atoms with Crippen LogP contribution < -0.4 is 9.47 Å². The minimum Gasteiger partial charge on any atom is -0.489 e. The molecule has 12 heteroatoms. The van der Waals surface area contributed by atoms with Gasteiger partial charge in [-0.15, -0.1) is 0 Å². The summed E-state index contributed by atoms with van der Waals surface area (Å²) in [5, 5.41) is 0. The summed E-state index contributed by atoms with van der Waals surface area (Å²) in [6.07, 6.45) is 1.34. The van der Waals surface area contributed by atoms with Crippen LogP contribution in [0, 0.1) is 0 Å². The molecule has 2 aromatic rings. The molecule has 0 aromatic heterocycles. The number of carbonyl (C=O) groups excluding carboxylic acids is 2. The van der Waals surface area contributed by atoms with Gasteiger partial charge in [0.15, 0.2) is 0 Å². The maximum Gasteiger partial charge on any atom is 0.508 e.